The zero-order valence-electron chi connectivity index (χ0n) is 4.26. The van der Waals surface area contributed by atoms with Crippen LogP contribution in [0.1, 0.15) is 6.55 Å². The van der Waals surface area contributed by atoms with Gasteiger partial charge in [0.05, 0.1) is 0 Å². The molecule has 0 spiro atoms. The highest BCUT2D eigenvalue weighted by molar-refractivity contribution is 6.29. The minimum Gasteiger partial charge on any atom is -0.279 e. The van der Waals surface area contributed by atoms with Gasteiger partial charge in [0.1, 0.15) is 11.5 Å². The zero-order chi connectivity index (χ0) is 6.85. The Morgan fingerprint density at radius 2 is 2.33 bits per heavy atom. The summed E-state index contributed by atoms with van der Waals surface area (Å²) in [6, 6.07) is 0. The van der Waals surface area contributed by atoms with Gasteiger partial charge < -0.3 is 0 Å². The Morgan fingerprint density at radius 3 is 2.56 bits per heavy atom. The van der Waals surface area contributed by atoms with Crippen LogP contribution in [0.4, 0.5) is 8.78 Å². The van der Waals surface area contributed by atoms with E-state index < -0.39 is 6.55 Å². The van der Waals surface area contributed by atoms with Gasteiger partial charge in [-0.1, -0.05) is 11.6 Å². The molecular weight excluding hydrogens is 150 g/mol. The monoisotopic (exact) mass is 152 g/mol. The van der Waals surface area contributed by atoms with Gasteiger partial charge in [-0.2, -0.15) is 8.78 Å². The van der Waals surface area contributed by atoms with E-state index in [0.717, 1.165) is 12.5 Å². The molecule has 0 amide bonds. The minimum absolute atomic E-state index is 0.0790. The maximum absolute atomic E-state index is 11.6. The smallest absolute Gasteiger partial charge is 0.279 e. The van der Waals surface area contributed by atoms with E-state index in [1.54, 1.807) is 0 Å². The van der Waals surface area contributed by atoms with E-state index in [0.29, 0.717) is 4.57 Å². The van der Waals surface area contributed by atoms with Crippen LogP contribution in [-0.2, 0) is 0 Å². The van der Waals surface area contributed by atoms with E-state index in [1.807, 2.05) is 0 Å². The predicted octanol–water partition coefficient (Wildman–Crippen LogP) is 1.93. The summed E-state index contributed by atoms with van der Waals surface area (Å²) < 4.78 is 23.9. The van der Waals surface area contributed by atoms with Gasteiger partial charge in [0.15, 0.2) is 0 Å². The molecule has 0 aromatic carbocycles. The molecule has 50 valence electrons. The summed E-state index contributed by atoms with van der Waals surface area (Å²) in [5.74, 6) is 0. The van der Waals surface area contributed by atoms with Crippen LogP contribution in [0, 0.1) is 0 Å². The fourth-order valence-corrected chi connectivity index (χ4v) is 0.575. The number of nitrogens with zero attached hydrogens (tertiary/aromatic N) is 2. The van der Waals surface area contributed by atoms with Crippen LogP contribution in [0.5, 0.6) is 0 Å². The van der Waals surface area contributed by atoms with Crippen LogP contribution in [0.2, 0.25) is 5.15 Å². The molecule has 0 saturated carbocycles. The van der Waals surface area contributed by atoms with Crippen LogP contribution in [-0.4, -0.2) is 9.55 Å². The summed E-state index contributed by atoms with van der Waals surface area (Å²) >= 11 is 5.24. The molecule has 1 aromatic heterocycles. The number of aromatic nitrogens is 2. The highest BCUT2D eigenvalue weighted by Crippen LogP contribution is 2.11. The minimum atomic E-state index is -2.55. The quantitative estimate of drug-likeness (QED) is 0.601. The number of hydrogen-bond acceptors (Lipinski definition) is 1. The normalized spacial score (nSPS) is 10.7. The average Bonchev–Trinajstić information content (AvgIpc) is 2.14. The summed E-state index contributed by atoms with van der Waals surface area (Å²) in [7, 11) is 0. The summed E-state index contributed by atoms with van der Waals surface area (Å²) in [6.45, 7) is -2.55. The van der Waals surface area contributed by atoms with Crippen molar-refractivity contribution < 1.29 is 8.78 Å². The molecular formula is C4H3ClF2N2. The fraction of sp³-hybridized carbons (Fsp3) is 0.250. The van der Waals surface area contributed by atoms with Gasteiger partial charge >= 0.3 is 6.55 Å². The molecule has 0 atom stereocenters. The molecule has 2 nitrogen and oxygen atoms in total. The third-order valence-electron chi connectivity index (χ3n) is 0.795. The van der Waals surface area contributed by atoms with Gasteiger partial charge in [-0.05, 0) is 0 Å². The van der Waals surface area contributed by atoms with Crippen LogP contribution >= 0.6 is 11.6 Å². The average molecular weight is 153 g/mol. The van der Waals surface area contributed by atoms with Crippen molar-refractivity contribution in [3.63, 3.8) is 0 Å². The van der Waals surface area contributed by atoms with Crippen molar-refractivity contribution in [1.29, 1.82) is 0 Å². The van der Waals surface area contributed by atoms with Crippen molar-refractivity contribution >= 4 is 11.6 Å². The summed E-state index contributed by atoms with van der Waals surface area (Å²) in [5.41, 5.74) is 0. The fourth-order valence-electron chi connectivity index (χ4n) is 0.418. The first-order chi connectivity index (χ1) is 4.20. The zero-order valence-corrected chi connectivity index (χ0v) is 5.02. The highest BCUT2D eigenvalue weighted by Gasteiger charge is 2.03. The standard InChI is InChI=1S/C4H3ClF2N2/c5-3-1-9(2-8-3)4(6)7/h1-2,4H. The Bertz CT molecular complexity index is 198. The lowest BCUT2D eigenvalue weighted by Crippen LogP contribution is -1.91. The van der Waals surface area contributed by atoms with E-state index in [4.69, 9.17) is 11.6 Å². The van der Waals surface area contributed by atoms with Gasteiger partial charge in [0.25, 0.3) is 0 Å². The Labute approximate surface area is 55.1 Å². The Hall–Kier alpha value is -0.640. The van der Waals surface area contributed by atoms with E-state index >= 15 is 0 Å². The molecule has 5 heteroatoms. The molecule has 0 aliphatic carbocycles. The second-order valence-corrected chi connectivity index (χ2v) is 1.81. The van der Waals surface area contributed by atoms with Crippen molar-refractivity contribution in [2.24, 2.45) is 0 Å². The molecule has 0 N–H and O–H groups in total. The van der Waals surface area contributed by atoms with Crippen LogP contribution in [0.25, 0.3) is 0 Å². The van der Waals surface area contributed by atoms with Crippen molar-refractivity contribution in [3.8, 4) is 0 Å². The number of halogens is 3. The molecule has 0 fully saturated rings. The van der Waals surface area contributed by atoms with Crippen LogP contribution in [0.15, 0.2) is 12.5 Å². The topological polar surface area (TPSA) is 17.8 Å². The summed E-state index contributed by atoms with van der Waals surface area (Å²) in [5, 5.41) is 0.0790. The van der Waals surface area contributed by atoms with Gasteiger partial charge in [-0.3, -0.25) is 4.57 Å². The molecule has 9 heavy (non-hydrogen) atoms. The molecule has 0 unspecified atom stereocenters. The third kappa shape index (κ3) is 1.38. The molecule has 0 saturated heterocycles. The maximum atomic E-state index is 11.6. The van der Waals surface area contributed by atoms with E-state index in [9.17, 15) is 8.78 Å². The van der Waals surface area contributed by atoms with Crippen molar-refractivity contribution in [3.05, 3.63) is 17.7 Å². The van der Waals surface area contributed by atoms with Crippen molar-refractivity contribution in [1.82, 2.24) is 9.55 Å². The van der Waals surface area contributed by atoms with Gasteiger partial charge in [-0.25, -0.2) is 4.98 Å². The highest BCUT2D eigenvalue weighted by atomic mass is 35.5. The third-order valence-corrected chi connectivity index (χ3v) is 0.991. The largest absolute Gasteiger partial charge is 0.319 e. The lowest BCUT2D eigenvalue weighted by atomic mass is 10.9. The lowest BCUT2D eigenvalue weighted by molar-refractivity contribution is 0.0701. The molecule has 0 bridgehead atoms. The molecule has 0 aliphatic rings. The Kier molecular flexibility index (Phi) is 1.66. The summed E-state index contributed by atoms with van der Waals surface area (Å²) in [4.78, 5) is 3.39. The molecule has 0 aliphatic heterocycles. The first-order valence-corrected chi connectivity index (χ1v) is 2.55. The Balaban J connectivity index is 2.85. The van der Waals surface area contributed by atoms with Crippen LogP contribution in [0.3, 0.4) is 0 Å². The maximum Gasteiger partial charge on any atom is 0.319 e. The molecule has 1 rings (SSSR count). The number of alkyl halides is 2. The molecule has 1 aromatic rings. The summed E-state index contributed by atoms with van der Waals surface area (Å²) in [6.07, 6.45) is 2.04. The molecule has 0 radical (unpaired) electrons. The first kappa shape index (κ1) is 6.48. The van der Waals surface area contributed by atoms with Crippen molar-refractivity contribution in [2.75, 3.05) is 0 Å². The van der Waals surface area contributed by atoms with Crippen LogP contribution < -0.4 is 0 Å². The van der Waals surface area contributed by atoms with Crippen molar-refractivity contribution in [2.45, 2.75) is 6.55 Å². The Morgan fingerprint density at radius 1 is 1.67 bits per heavy atom. The number of hydrogen-bond donors (Lipinski definition) is 0. The van der Waals surface area contributed by atoms with E-state index in [-0.39, 0.29) is 5.15 Å². The predicted molar refractivity (Wildman–Crippen MR) is 28.5 cm³/mol. The van der Waals surface area contributed by atoms with Gasteiger partial charge in [0.2, 0.25) is 0 Å². The first-order valence-electron chi connectivity index (χ1n) is 2.17. The number of imidazole rings is 1. The van der Waals surface area contributed by atoms with Gasteiger partial charge in [-0.15, -0.1) is 0 Å². The van der Waals surface area contributed by atoms with Gasteiger partial charge in [0, 0.05) is 6.20 Å². The SMILES string of the molecule is FC(F)n1cnc(Cl)c1. The molecule has 1 heterocycles. The number of rotatable bonds is 1. The van der Waals surface area contributed by atoms with E-state index in [1.165, 1.54) is 0 Å². The second kappa shape index (κ2) is 2.31. The van der Waals surface area contributed by atoms with E-state index in [2.05, 4.69) is 4.98 Å². The second-order valence-electron chi connectivity index (χ2n) is 1.42. The lowest BCUT2D eigenvalue weighted by Gasteiger charge is -1.94.